The Bertz CT molecular complexity index is 557. The third-order valence-electron chi connectivity index (χ3n) is 3.74. The van der Waals surface area contributed by atoms with E-state index >= 15 is 0 Å². The molecule has 1 saturated heterocycles. The zero-order chi connectivity index (χ0) is 15.4. The fraction of sp³-hybridized carbons (Fsp3) is 0.400. The van der Waals surface area contributed by atoms with E-state index in [0.717, 1.165) is 18.4 Å². The van der Waals surface area contributed by atoms with Crippen LogP contribution in [0.25, 0.3) is 0 Å². The van der Waals surface area contributed by atoms with Crippen molar-refractivity contribution in [3.8, 4) is 0 Å². The molecule has 2 amide bonds. The molecule has 1 heterocycles. The van der Waals surface area contributed by atoms with Gasteiger partial charge in [0, 0.05) is 31.3 Å². The van der Waals surface area contributed by atoms with E-state index < -0.39 is 0 Å². The molecule has 112 valence electrons. The minimum absolute atomic E-state index is 0.00340. The number of carbonyl (C=O) groups is 2. The highest BCUT2D eigenvalue weighted by Crippen LogP contribution is 2.19. The molecule has 1 atom stereocenters. The maximum absolute atomic E-state index is 12.5. The van der Waals surface area contributed by atoms with Gasteiger partial charge in [-0.05, 0) is 25.0 Å². The third-order valence-corrected chi connectivity index (χ3v) is 3.98. The first-order valence-corrected chi connectivity index (χ1v) is 7.34. The van der Waals surface area contributed by atoms with Gasteiger partial charge in [0.05, 0.1) is 5.92 Å². The molecule has 1 aromatic rings. The van der Waals surface area contributed by atoms with Crippen LogP contribution in [0.3, 0.4) is 0 Å². The van der Waals surface area contributed by atoms with Gasteiger partial charge < -0.3 is 16.0 Å². The Hall–Kier alpha value is -1.95. The molecule has 0 radical (unpaired) electrons. The Balaban J connectivity index is 2.08. The SMILES string of the molecule is CNC(=O)C1CCCN(C(=O)c2ccc(C(N)=S)cc2)C1. The van der Waals surface area contributed by atoms with Crippen molar-refractivity contribution >= 4 is 29.0 Å². The predicted molar refractivity (Wildman–Crippen MR) is 85.0 cm³/mol. The van der Waals surface area contributed by atoms with Crippen LogP contribution >= 0.6 is 12.2 Å². The van der Waals surface area contributed by atoms with Gasteiger partial charge in [-0.2, -0.15) is 0 Å². The summed E-state index contributed by atoms with van der Waals surface area (Å²) in [6.45, 7) is 1.15. The Morgan fingerprint density at radius 3 is 2.48 bits per heavy atom. The van der Waals surface area contributed by atoms with Gasteiger partial charge in [-0.25, -0.2) is 0 Å². The van der Waals surface area contributed by atoms with Crippen LogP contribution in [0.2, 0.25) is 0 Å². The average molecular weight is 305 g/mol. The molecule has 3 N–H and O–H groups in total. The number of likely N-dealkylation sites (tertiary alicyclic amines) is 1. The number of benzene rings is 1. The summed E-state index contributed by atoms with van der Waals surface area (Å²) in [5.74, 6) is -0.182. The highest BCUT2D eigenvalue weighted by atomic mass is 32.1. The van der Waals surface area contributed by atoms with Crippen molar-refractivity contribution in [1.82, 2.24) is 10.2 Å². The lowest BCUT2D eigenvalue weighted by Gasteiger charge is -2.31. The van der Waals surface area contributed by atoms with Crippen molar-refractivity contribution < 1.29 is 9.59 Å². The Morgan fingerprint density at radius 1 is 1.29 bits per heavy atom. The van der Waals surface area contributed by atoms with Crippen molar-refractivity contribution in [3.05, 3.63) is 35.4 Å². The third kappa shape index (κ3) is 3.58. The van der Waals surface area contributed by atoms with E-state index in [-0.39, 0.29) is 17.7 Å². The number of hydrogen-bond acceptors (Lipinski definition) is 3. The summed E-state index contributed by atoms with van der Waals surface area (Å²) in [5, 5.41) is 2.65. The zero-order valence-electron chi connectivity index (χ0n) is 12.0. The van der Waals surface area contributed by atoms with Crippen LogP contribution in [0, 0.1) is 5.92 Å². The van der Waals surface area contributed by atoms with Gasteiger partial charge in [0.2, 0.25) is 5.91 Å². The summed E-state index contributed by atoms with van der Waals surface area (Å²) in [6, 6.07) is 6.94. The second kappa shape index (κ2) is 6.67. The normalized spacial score (nSPS) is 18.1. The highest BCUT2D eigenvalue weighted by Gasteiger charge is 2.28. The minimum Gasteiger partial charge on any atom is -0.389 e. The Morgan fingerprint density at radius 2 is 1.90 bits per heavy atom. The maximum Gasteiger partial charge on any atom is 0.253 e. The van der Waals surface area contributed by atoms with Crippen molar-refractivity contribution in [2.45, 2.75) is 12.8 Å². The zero-order valence-corrected chi connectivity index (χ0v) is 12.8. The number of carbonyl (C=O) groups excluding carboxylic acids is 2. The summed E-state index contributed by atoms with van der Waals surface area (Å²) in [7, 11) is 1.62. The molecule has 1 aliphatic heterocycles. The summed E-state index contributed by atoms with van der Waals surface area (Å²) in [4.78, 5) is 26.2. The first kappa shape index (κ1) is 15.4. The topological polar surface area (TPSA) is 75.4 Å². The molecule has 1 aromatic carbocycles. The van der Waals surface area contributed by atoms with Crippen LogP contribution < -0.4 is 11.1 Å². The lowest BCUT2D eigenvalue weighted by Crippen LogP contribution is -2.44. The number of thiocarbonyl (C=S) groups is 1. The molecule has 6 heteroatoms. The summed E-state index contributed by atoms with van der Waals surface area (Å²) >= 11 is 4.89. The van der Waals surface area contributed by atoms with E-state index in [4.69, 9.17) is 18.0 Å². The number of nitrogens with two attached hydrogens (primary N) is 1. The minimum atomic E-state index is -0.122. The predicted octanol–water partition coefficient (Wildman–Crippen LogP) is 0.919. The number of amides is 2. The molecular formula is C15H19N3O2S. The van der Waals surface area contributed by atoms with E-state index in [2.05, 4.69) is 5.32 Å². The first-order chi connectivity index (χ1) is 10.0. The lowest BCUT2D eigenvalue weighted by atomic mass is 9.96. The molecule has 1 unspecified atom stereocenters. The van der Waals surface area contributed by atoms with Crippen LogP contribution in [0.1, 0.15) is 28.8 Å². The summed E-state index contributed by atoms with van der Waals surface area (Å²) in [6.07, 6.45) is 1.67. The number of hydrogen-bond donors (Lipinski definition) is 2. The highest BCUT2D eigenvalue weighted by molar-refractivity contribution is 7.80. The van der Waals surface area contributed by atoms with Gasteiger partial charge in [0.15, 0.2) is 0 Å². The van der Waals surface area contributed by atoms with E-state index in [1.54, 1.807) is 36.2 Å². The molecule has 0 spiro atoms. The second-order valence-electron chi connectivity index (χ2n) is 5.15. The van der Waals surface area contributed by atoms with Crippen LogP contribution in [0.4, 0.5) is 0 Å². The first-order valence-electron chi connectivity index (χ1n) is 6.93. The standard InChI is InChI=1S/C15H19N3O2S/c1-17-14(19)12-3-2-8-18(9-12)15(20)11-6-4-10(5-7-11)13(16)21/h4-7,12H,2-3,8-9H2,1H3,(H2,16,21)(H,17,19). The number of piperidine rings is 1. The molecular weight excluding hydrogens is 286 g/mol. The number of rotatable bonds is 3. The molecule has 0 bridgehead atoms. The molecule has 2 rings (SSSR count). The van der Waals surface area contributed by atoms with Crippen molar-refractivity contribution in [1.29, 1.82) is 0 Å². The van der Waals surface area contributed by atoms with Gasteiger partial charge in [-0.3, -0.25) is 9.59 Å². The van der Waals surface area contributed by atoms with E-state index in [1.165, 1.54) is 0 Å². The average Bonchev–Trinajstić information content (AvgIpc) is 2.53. The molecule has 0 aliphatic carbocycles. The Kier molecular flexibility index (Phi) is 4.90. The molecule has 21 heavy (non-hydrogen) atoms. The van der Waals surface area contributed by atoms with Gasteiger partial charge >= 0.3 is 0 Å². The molecule has 0 saturated carbocycles. The monoisotopic (exact) mass is 305 g/mol. The van der Waals surface area contributed by atoms with Gasteiger partial charge in [0.1, 0.15) is 4.99 Å². The Labute approximate surface area is 129 Å². The van der Waals surface area contributed by atoms with Gasteiger partial charge in [0.25, 0.3) is 5.91 Å². The quantitative estimate of drug-likeness (QED) is 0.814. The van der Waals surface area contributed by atoms with Crippen LogP contribution in [0.15, 0.2) is 24.3 Å². The van der Waals surface area contributed by atoms with Crippen LogP contribution in [-0.2, 0) is 4.79 Å². The van der Waals surface area contributed by atoms with Crippen LogP contribution in [-0.4, -0.2) is 41.8 Å². The van der Waals surface area contributed by atoms with E-state index in [1.807, 2.05) is 0 Å². The summed E-state index contributed by atoms with van der Waals surface area (Å²) < 4.78 is 0. The molecule has 0 aromatic heterocycles. The smallest absolute Gasteiger partial charge is 0.253 e. The maximum atomic E-state index is 12.5. The van der Waals surface area contributed by atoms with E-state index in [9.17, 15) is 9.59 Å². The van der Waals surface area contributed by atoms with Crippen LogP contribution in [0.5, 0.6) is 0 Å². The lowest BCUT2D eigenvalue weighted by molar-refractivity contribution is -0.125. The number of nitrogens with one attached hydrogen (secondary N) is 1. The largest absolute Gasteiger partial charge is 0.389 e. The van der Waals surface area contributed by atoms with Gasteiger partial charge in [-0.1, -0.05) is 24.4 Å². The summed E-state index contributed by atoms with van der Waals surface area (Å²) in [5.41, 5.74) is 6.87. The fourth-order valence-electron chi connectivity index (χ4n) is 2.54. The van der Waals surface area contributed by atoms with Gasteiger partial charge in [-0.15, -0.1) is 0 Å². The molecule has 1 aliphatic rings. The van der Waals surface area contributed by atoms with Crippen molar-refractivity contribution in [3.63, 3.8) is 0 Å². The fourth-order valence-corrected chi connectivity index (χ4v) is 2.68. The molecule has 1 fully saturated rings. The number of nitrogens with zero attached hydrogens (tertiary/aromatic N) is 1. The van der Waals surface area contributed by atoms with Crippen molar-refractivity contribution in [2.24, 2.45) is 11.7 Å². The van der Waals surface area contributed by atoms with E-state index in [0.29, 0.717) is 23.6 Å². The second-order valence-corrected chi connectivity index (χ2v) is 5.59. The molecule has 5 nitrogen and oxygen atoms in total. The van der Waals surface area contributed by atoms with Crippen molar-refractivity contribution in [2.75, 3.05) is 20.1 Å².